The van der Waals surface area contributed by atoms with E-state index in [2.05, 4.69) is 11.0 Å². The molecule has 0 radical (unpaired) electrons. The van der Waals surface area contributed by atoms with Gasteiger partial charge in [-0.3, -0.25) is 4.79 Å². The second-order valence-electron chi connectivity index (χ2n) is 3.80. The number of piperidine rings is 1. The average molecular weight is 258 g/mol. The van der Waals surface area contributed by atoms with E-state index >= 15 is 0 Å². The molecule has 0 unspecified atom stereocenters. The highest BCUT2D eigenvalue weighted by molar-refractivity contribution is 6.30. The first-order chi connectivity index (χ1) is 8.17. The minimum Gasteiger partial charge on any atom is -0.483 e. The Morgan fingerprint density at radius 1 is 1.35 bits per heavy atom. The maximum atomic E-state index is 9.38. The summed E-state index contributed by atoms with van der Waals surface area (Å²) in [5.41, 5.74) is 1.16. The van der Waals surface area contributed by atoms with Crippen molar-refractivity contribution in [1.29, 1.82) is 0 Å². The third kappa shape index (κ3) is 4.63. The number of rotatable bonds is 1. The summed E-state index contributed by atoms with van der Waals surface area (Å²) in [7, 11) is 0. The van der Waals surface area contributed by atoms with Gasteiger partial charge in [-0.2, -0.15) is 0 Å². The van der Waals surface area contributed by atoms with Crippen molar-refractivity contribution < 1.29 is 15.0 Å². The largest absolute Gasteiger partial charge is 0.483 e. The number of halogens is 1. The van der Waals surface area contributed by atoms with E-state index in [1.807, 2.05) is 18.2 Å². The Balaban J connectivity index is 0.000000437. The fourth-order valence-corrected chi connectivity index (χ4v) is 1.98. The third-order valence-electron chi connectivity index (χ3n) is 2.64. The quantitative estimate of drug-likeness (QED) is 0.756. The fourth-order valence-electron chi connectivity index (χ4n) is 1.80. The van der Waals surface area contributed by atoms with Crippen LogP contribution in [0.3, 0.4) is 0 Å². The van der Waals surface area contributed by atoms with Crippen LogP contribution in [0.5, 0.6) is 0 Å². The number of carbonyl (C=O) groups is 1. The number of nitrogens with zero attached hydrogens (tertiary/aromatic N) is 1. The molecular formula is C12H16ClNO3. The van der Waals surface area contributed by atoms with E-state index in [4.69, 9.17) is 21.5 Å². The van der Waals surface area contributed by atoms with Crippen molar-refractivity contribution in [3.63, 3.8) is 0 Å². The van der Waals surface area contributed by atoms with Gasteiger partial charge in [-0.1, -0.05) is 17.7 Å². The van der Waals surface area contributed by atoms with Crippen molar-refractivity contribution in [3.05, 3.63) is 29.3 Å². The van der Waals surface area contributed by atoms with Crippen LogP contribution in [-0.2, 0) is 4.79 Å². The number of aliphatic hydroxyl groups excluding tert-OH is 1. The summed E-state index contributed by atoms with van der Waals surface area (Å²) in [5, 5.41) is 17.0. The molecule has 1 aromatic rings. The number of anilines is 1. The van der Waals surface area contributed by atoms with Gasteiger partial charge in [0.05, 0.1) is 6.10 Å². The van der Waals surface area contributed by atoms with Crippen LogP contribution in [0.2, 0.25) is 5.02 Å². The standard InChI is InChI=1S/C11H14ClNO.CH2O2/c12-9-2-1-3-10(8-9)13-6-4-11(14)5-7-13;2-1-3/h1-3,8,11,14H,4-7H2;1H,(H,2,3). The van der Waals surface area contributed by atoms with Gasteiger partial charge in [0.15, 0.2) is 0 Å². The summed E-state index contributed by atoms with van der Waals surface area (Å²) >= 11 is 5.92. The third-order valence-corrected chi connectivity index (χ3v) is 2.87. The van der Waals surface area contributed by atoms with E-state index in [0.717, 1.165) is 36.6 Å². The molecule has 1 aliphatic rings. The molecule has 0 aromatic heterocycles. The average Bonchev–Trinajstić information content (AvgIpc) is 2.31. The molecule has 2 N–H and O–H groups in total. The van der Waals surface area contributed by atoms with E-state index < -0.39 is 0 Å². The van der Waals surface area contributed by atoms with Crippen LogP contribution in [0.15, 0.2) is 24.3 Å². The first kappa shape index (κ1) is 13.8. The van der Waals surface area contributed by atoms with Gasteiger partial charge < -0.3 is 15.1 Å². The summed E-state index contributed by atoms with van der Waals surface area (Å²) in [5.74, 6) is 0. The van der Waals surface area contributed by atoms with Crippen LogP contribution in [-0.4, -0.2) is 35.9 Å². The Hall–Kier alpha value is -1.26. The van der Waals surface area contributed by atoms with Crippen molar-refractivity contribution in [2.75, 3.05) is 18.0 Å². The fraction of sp³-hybridized carbons (Fsp3) is 0.417. The number of benzene rings is 1. The minimum absolute atomic E-state index is 0.120. The molecule has 1 saturated heterocycles. The molecule has 4 nitrogen and oxygen atoms in total. The highest BCUT2D eigenvalue weighted by Crippen LogP contribution is 2.22. The SMILES string of the molecule is O=CO.OC1CCN(c2cccc(Cl)c2)CC1. The first-order valence-electron chi connectivity index (χ1n) is 5.44. The lowest BCUT2D eigenvalue weighted by atomic mass is 10.1. The van der Waals surface area contributed by atoms with Gasteiger partial charge in [-0.25, -0.2) is 0 Å². The van der Waals surface area contributed by atoms with Gasteiger partial charge in [-0.05, 0) is 31.0 Å². The van der Waals surface area contributed by atoms with Crippen LogP contribution in [0, 0.1) is 0 Å². The van der Waals surface area contributed by atoms with Crippen LogP contribution >= 0.6 is 11.6 Å². The molecule has 2 rings (SSSR count). The highest BCUT2D eigenvalue weighted by atomic mass is 35.5. The topological polar surface area (TPSA) is 60.8 Å². The van der Waals surface area contributed by atoms with Crippen LogP contribution in [0.25, 0.3) is 0 Å². The van der Waals surface area contributed by atoms with Crippen molar-refractivity contribution in [2.45, 2.75) is 18.9 Å². The Morgan fingerprint density at radius 2 is 1.94 bits per heavy atom. The summed E-state index contributed by atoms with van der Waals surface area (Å²) in [4.78, 5) is 10.6. The molecule has 0 amide bonds. The van der Waals surface area contributed by atoms with E-state index in [-0.39, 0.29) is 12.6 Å². The number of carboxylic acid groups (broad SMARTS) is 1. The van der Waals surface area contributed by atoms with Gasteiger partial charge in [0.1, 0.15) is 0 Å². The van der Waals surface area contributed by atoms with Crippen molar-refractivity contribution in [2.24, 2.45) is 0 Å². The molecule has 94 valence electrons. The normalized spacial score (nSPS) is 16.0. The Labute approximate surface area is 105 Å². The maximum absolute atomic E-state index is 9.38. The zero-order valence-electron chi connectivity index (χ0n) is 9.42. The molecule has 1 fully saturated rings. The molecule has 17 heavy (non-hydrogen) atoms. The van der Waals surface area contributed by atoms with Gasteiger partial charge in [0, 0.05) is 23.8 Å². The zero-order valence-corrected chi connectivity index (χ0v) is 10.2. The summed E-state index contributed by atoms with van der Waals surface area (Å²) in [6.07, 6.45) is 1.59. The molecular weight excluding hydrogens is 242 g/mol. The molecule has 0 spiro atoms. The Kier molecular flexibility index (Phi) is 5.80. The summed E-state index contributed by atoms with van der Waals surface area (Å²) in [6, 6.07) is 7.87. The van der Waals surface area contributed by atoms with E-state index in [0.29, 0.717) is 0 Å². The van der Waals surface area contributed by atoms with Gasteiger partial charge in [0.25, 0.3) is 6.47 Å². The molecule has 1 aliphatic heterocycles. The monoisotopic (exact) mass is 257 g/mol. The van der Waals surface area contributed by atoms with Crippen molar-refractivity contribution in [1.82, 2.24) is 0 Å². The second-order valence-corrected chi connectivity index (χ2v) is 4.24. The van der Waals surface area contributed by atoms with Crippen LogP contribution in [0.4, 0.5) is 5.69 Å². The molecule has 0 aliphatic carbocycles. The van der Waals surface area contributed by atoms with Gasteiger partial charge in [-0.15, -0.1) is 0 Å². The van der Waals surface area contributed by atoms with Crippen molar-refractivity contribution in [3.8, 4) is 0 Å². The maximum Gasteiger partial charge on any atom is 0.290 e. The van der Waals surface area contributed by atoms with Gasteiger partial charge in [0.2, 0.25) is 0 Å². The molecule has 0 bridgehead atoms. The zero-order chi connectivity index (χ0) is 12.7. The molecule has 1 aromatic carbocycles. The molecule has 1 heterocycles. The van der Waals surface area contributed by atoms with E-state index in [9.17, 15) is 5.11 Å². The molecule has 0 saturated carbocycles. The minimum atomic E-state index is -0.250. The van der Waals surface area contributed by atoms with Crippen molar-refractivity contribution >= 4 is 23.8 Å². The molecule has 0 atom stereocenters. The Bertz CT molecular complexity index is 351. The number of hydrogen-bond acceptors (Lipinski definition) is 3. The van der Waals surface area contributed by atoms with Crippen LogP contribution in [0.1, 0.15) is 12.8 Å². The van der Waals surface area contributed by atoms with Gasteiger partial charge >= 0.3 is 0 Å². The second kappa shape index (κ2) is 7.14. The van der Waals surface area contributed by atoms with Crippen LogP contribution < -0.4 is 4.90 Å². The lowest BCUT2D eigenvalue weighted by Gasteiger charge is -2.31. The van der Waals surface area contributed by atoms with E-state index in [1.165, 1.54) is 0 Å². The number of aliphatic hydroxyl groups is 1. The highest BCUT2D eigenvalue weighted by Gasteiger charge is 2.16. The first-order valence-corrected chi connectivity index (χ1v) is 5.81. The lowest BCUT2D eigenvalue weighted by molar-refractivity contribution is -0.122. The predicted octanol–water partition coefficient (Wildman–Crippen LogP) is 2.00. The summed E-state index contributed by atoms with van der Waals surface area (Å²) < 4.78 is 0. The molecule has 5 heteroatoms. The predicted molar refractivity (Wildman–Crippen MR) is 67.6 cm³/mol. The lowest BCUT2D eigenvalue weighted by Crippen LogP contribution is -2.35. The summed E-state index contributed by atoms with van der Waals surface area (Å²) in [6.45, 7) is 1.59. The van der Waals surface area contributed by atoms with E-state index in [1.54, 1.807) is 0 Å². The number of hydrogen-bond donors (Lipinski definition) is 2. The smallest absolute Gasteiger partial charge is 0.290 e. The Morgan fingerprint density at radius 3 is 2.47 bits per heavy atom.